The third kappa shape index (κ3) is 5.99. The quantitative estimate of drug-likeness (QED) is 0.388. The minimum atomic E-state index is -0.317. The van der Waals surface area contributed by atoms with E-state index in [9.17, 15) is 4.79 Å². The highest BCUT2D eigenvalue weighted by Gasteiger charge is 2.21. The van der Waals surface area contributed by atoms with E-state index in [1.165, 1.54) is 6.33 Å². The van der Waals surface area contributed by atoms with Gasteiger partial charge in [-0.05, 0) is 32.9 Å². The molecule has 40 heavy (non-hydrogen) atoms. The molecule has 0 saturated carbocycles. The van der Waals surface area contributed by atoms with Crippen LogP contribution in [-0.2, 0) is 5.41 Å². The van der Waals surface area contributed by atoms with E-state index in [4.69, 9.17) is 0 Å². The van der Waals surface area contributed by atoms with E-state index in [0.29, 0.717) is 28.8 Å². The molecule has 208 valence electrons. The Morgan fingerprint density at radius 1 is 0.975 bits per heavy atom. The van der Waals surface area contributed by atoms with Crippen molar-refractivity contribution in [3.63, 3.8) is 0 Å². The zero-order valence-electron chi connectivity index (χ0n) is 24.0. The number of rotatable bonds is 6. The minimum absolute atomic E-state index is 0.163. The van der Waals surface area contributed by atoms with Crippen molar-refractivity contribution in [3.05, 3.63) is 66.3 Å². The summed E-state index contributed by atoms with van der Waals surface area (Å²) in [5.74, 6) is 0.121. The monoisotopic (exact) mass is 540 g/mol. The van der Waals surface area contributed by atoms with Crippen molar-refractivity contribution in [2.24, 2.45) is 0 Å². The summed E-state index contributed by atoms with van der Waals surface area (Å²) in [5, 5.41) is 11.6. The molecule has 0 aromatic carbocycles. The second-order valence-corrected chi connectivity index (χ2v) is 11.4. The predicted molar refractivity (Wildman–Crippen MR) is 155 cm³/mol. The van der Waals surface area contributed by atoms with Gasteiger partial charge in [-0.25, -0.2) is 14.6 Å². The zero-order chi connectivity index (χ0) is 28.4. The number of carbonyl (C=O) groups is 1. The van der Waals surface area contributed by atoms with Crippen molar-refractivity contribution in [1.29, 1.82) is 0 Å². The minimum Gasteiger partial charge on any atom is -0.368 e. The van der Waals surface area contributed by atoms with Crippen LogP contribution in [0.15, 0.2) is 49.3 Å². The van der Waals surface area contributed by atoms with Gasteiger partial charge < -0.3 is 10.2 Å². The number of nitrogens with zero attached hydrogens (tertiary/aromatic N) is 9. The van der Waals surface area contributed by atoms with E-state index in [-0.39, 0.29) is 11.3 Å². The number of piperazine rings is 1. The molecule has 11 nitrogen and oxygen atoms in total. The Morgan fingerprint density at radius 2 is 1.75 bits per heavy atom. The van der Waals surface area contributed by atoms with Gasteiger partial charge in [0.15, 0.2) is 0 Å². The van der Waals surface area contributed by atoms with Gasteiger partial charge in [0.05, 0.1) is 40.7 Å². The maximum absolute atomic E-state index is 13.1. The van der Waals surface area contributed by atoms with E-state index < -0.39 is 0 Å². The smallest absolute Gasteiger partial charge is 0.258 e. The third-order valence-corrected chi connectivity index (χ3v) is 7.17. The first kappa shape index (κ1) is 27.3. The van der Waals surface area contributed by atoms with Crippen molar-refractivity contribution in [2.45, 2.75) is 53.0 Å². The van der Waals surface area contributed by atoms with E-state index in [1.807, 2.05) is 19.3 Å². The van der Waals surface area contributed by atoms with Crippen LogP contribution in [0.5, 0.6) is 0 Å². The average molecular weight is 541 g/mol. The molecule has 4 aromatic rings. The van der Waals surface area contributed by atoms with Crippen molar-refractivity contribution in [3.8, 4) is 16.9 Å². The summed E-state index contributed by atoms with van der Waals surface area (Å²) in [4.78, 5) is 35.4. The molecular weight excluding hydrogens is 504 g/mol. The summed E-state index contributed by atoms with van der Waals surface area (Å²) in [6.45, 7) is 16.5. The summed E-state index contributed by atoms with van der Waals surface area (Å²) in [5.41, 5.74) is 5.10. The van der Waals surface area contributed by atoms with Gasteiger partial charge in [0.25, 0.3) is 5.91 Å². The average Bonchev–Trinajstić information content (AvgIpc) is 3.43. The van der Waals surface area contributed by atoms with E-state index >= 15 is 0 Å². The van der Waals surface area contributed by atoms with Gasteiger partial charge in [-0.3, -0.25) is 19.7 Å². The molecule has 1 aliphatic heterocycles. The molecule has 1 aliphatic rings. The molecular formula is C29H36N10O. The van der Waals surface area contributed by atoms with E-state index in [1.54, 1.807) is 29.2 Å². The molecule has 1 fully saturated rings. The van der Waals surface area contributed by atoms with Gasteiger partial charge in [-0.2, -0.15) is 0 Å². The number of pyridine rings is 2. The number of amides is 1. The number of aromatic nitrogens is 7. The first-order chi connectivity index (χ1) is 19.1. The van der Waals surface area contributed by atoms with Crippen molar-refractivity contribution >= 4 is 17.4 Å². The summed E-state index contributed by atoms with van der Waals surface area (Å²) in [6.07, 6.45) is 8.54. The highest BCUT2D eigenvalue weighted by molar-refractivity contribution is 6.03. The molecule has 5 heterocycles. The fourth-order valence-electron chi connectivity index (χ4n) is 4.65. The standard InChI is InChI=1S/C29H36N10O/c1-19(2)37-7-9-38(10-8-37)23-11-21(14-30-16-23)24-17-39(36-35-24)25-12-22(15-31-20(25)3)28(40)34-27-13-26(29(4,5)6)32-18-33-27/h11-19H,7-10H2,1-6H3,(H,32,33,34,40). The molecule has 11 heteroatoms. The predicted octanol–water partition coefficient (Wildman–Crippen LogP) is 3.90. The molecule has 0 unspecified atom stereocenters. The maximum Gasteiger partial charge on any atom is 0.258 e. The Bertz CT molecular complexity index is 1500. The molecule has 0 atom stereocenters. The maximum atomic E-state index is 13.1. The van der Waals surface area contributed by atoms with Crippen LogP contribution in [-0.4, -0.2) is 78.0 Å². The Balaban J connectivity index is 1.34. The number of hydrogen-bond donors (Lipinski definition) is 1. The number of nitrogens with one attached hydrogen (secondary N) is 1. The molecule has 1 saturated heterocycles. The van der Waals surface area contributed by atoms with Crippen LogP contribution < -0.4 is 10.2 Å². The Kier molecular flexibility index (Phi) is 7.57. The van der Waals surface area contributed by atoms with Gasteiger partial charge in [0, 0.05) is 61.7 Å². The van der Waals surface area contributed by atoms with Crippen molar-refractivity contribution < 1.29 is 4.79 Å². The van der Waals surface area contributed by atoms with Crippen LogP contribution in [0, 0.1) is 6.92 Å². The second-order valence-electron chi connectivity index (χ2n) is 11.4. The van der Waals surface area contributed by atoms with Crippen LogP contribution in [0.3, 0.4) is 0 Å². The zero-order valence-corrected chi connectivity index (χ0v) is 24.0. The molecule has 5 rings (SSSR count). The summed E-state index contributed by atoms with van der Waals surface area (Å²) < 4.78 is 1.64. The fraction of sp³-hybridized carbons (Fsp3) is 0.414. The first-order valence-electron chi connectivity index (χ1n) is 13.6. The Morgan fingerprint density at radius 3 is 2.48 bits per heavy atom. The van der Waals surface area contributed by atoms with Crippen LogP contribution >= 0.6 is 0 Å². The van der Waals surface area contributed by atoms with Gasteiger partial charge in [-0.1, -0.05) is 26.0 Å². The molecule has 0 radical (unpaired) electrons. The topological polar surface area (TPSA) is 118 Å². The molecule has 0 spiro atoms. The number of anilines is 2. The Labute approximate surface area is 234 Å². The van der Waals surface area contributed by atoms with Gasteiger partial charge in [0.1, 0.15) is 17.8 Å². The normalized spacial score (nSPS) is 14.5. The number of hydrogen-bond acceptors (Lipinski definition) is 9. The van der Waals surface area contributed by atoms with Crippen LogP contribution in [0.1, 0.15) is 56.4 Å². The largest absolute Gasteiger partial charge is 0.368 e. The molecule has 0 bridgehead atoms. The third-order valence-electron chi connectivity index (χ3n) is 7.17. The first-order valence-corrected chi connectivity index (χ1v) is 13.6. The molecule has 0 aliphatic carbocycles. The van der Waals surface area contributed by atoms with Crippen molar-refractivity contribution in [2.75, 3.05) is 36.4 Å². The summed E-state index contributed by atoms with van der Waals surface area (Å²) >= 11 is 0. The van der Waals surface area contributed by atoms with Gasteiger partial charge in [-0.15, -0.1) is 5.10 Å². The summed E-state index contributed by atoms with van der Waals surface area (Å²) in [6, 6.07) is 6.20. The van der Waals surface area contributed by atoms with E-state index in [2.05, 4.69) is 86.0 Å². The lowest BCUT2D eigenvalue weighted by Crippen LogP contribution is -2.48. The number of aryl methyl sites for hydroxylation is 1. The van der Waals surface area contributed by atoms with Gasteiger partial charge in [0.2, 0.25) is 0 Å². The van der Waals surface area contributed by atoms with Crippen molar-refractivity contribution in [1.82, 2.24) is 39.8 Å². The molecule has 1 amide bonds. The second kappa shape index (κ2) is 11.1. The van der Waals surface area contributed by atoms with Crippen LogP contribution in [0.4, 0.5) is 11.5 Å². The van der Waals surface area contributed by atoms with Crippen LogP contribution in [0.2, 0.25) is 0 Å². The lowest BCUT2D eigenvalue weighted by Gasteiger charge is -2.38. The lowest BCUT2D eigenvalue weighted by atomic mass is 9.92. The lowest BCUT2D eigenvalue weighted by molar-refractivity contribution is 0.102. The highest BCUT2D eigenvalue weighted by atomic mass is 16.1. The fourth-order valence-corrected chi connectivity index (χ4v) is 4.65. The van der Waals surface area contributed by atoms with E-state index in [0.717, 1.165) is 48.8 Å². The number of carbonyl (C=O) groups excluding carboxylic acids is 1. The Hall–Kier alpha value is -4.25. The SMILES string of the molecule is Cc1ncc(C(=O)Nc2cc(C(C)(C)C)ncn2)cc1-n1cc(-c2cncc(N3CCN(C(C)C)CC3)c2)nn1. The highest BCUT2D eigenvalue weighted by Crippen LogP contribution is 2.25. The van der Waals surface area contributed by atoms with Crippen LogP contribution in [0.25, 0.3) is 16.9 Å². The molecule has 1 N–H and O–H groups in total. The summed E-state index contributed by atoms with van der Waals surface area (Å²) in [7, 11) is 0. The van der Waals surface area contributed by atoms with Gasteiger partial charge >= 0.3 is 0 Å². The molecule has 4 aromatic heterocycles.